The largest absolute Gasteiger partial charge is 0.443 e. The fourth-order valence-corrected chi connectivity index (χ4v) is 2.69. The summed E-state index contributed by atoms with van der Waals surface area (Å²) in [4.78, 5) is 14.1. The Morgan fingerprint density at radius 3 is 2.78 bits per heavy atom. The van der Waals surface area contributed by atoms with Crippen LogP contribution >= 0.6 is 0 Å². The molecule has 128 valence electrons. The molecular formula is C17H24F2N2O2. The average molecular weight is 326 g/mol. The molecule has 1 heterocycles. The molecule has 0 radical (unpaired) electrons. The second-order valence-electron chi connectivity index (χ2n) is 6.68. The average Bonchev–Trinajstić information content (AvgIpc) is 2.44. The van der Waals surface area contributed by atoms with E-state index in [1.807, 2.05) is 39.0 Å². The van der Waals surface area contributed by atoms with E-state index in [2.05, 4.69) is 5.32 Å². The molecule has 0 atom stereocenters. The molecule has 0 saturated heterocycles. The maximum atomic E-state index is 12.5. The van der Waals surface area contributed by atoms with Crippen molar-refractivity contribution in [1.29, 1.82) is 0 Å². The Kier molecular flexibility index (Phi) is 5.57. The van der Waals surface area contributed by atoms with Gasteiger partial charge in [-0.1, -0.05) is 18.2 Å². The number of anilines is 1. The summed E-state index contributed by atoms with van der Waals surface area (Å²) in [6, 6.07) is 5.74. The molecule has 1 amide bonds. The SMILES string of the molecule is CC(C)(C)OC(=O)N1CCCc2cccc(CNCC(F)F)c21. The molecular weight excluding hydrogens is 302 g/mol. The van der Waals surface area contributed by atoms with Crippen molar-refractivity contribution in [3.8, 4) is 0 Å². The zero-order valence-electron chi connectivity index (χ0n) is 13.9. The van der Waals surface area contributed by atoms with Crippen LogP contribution in [-0.4, -0.2) is 31.2 Å². The Morgan fingerprint density at radius 1 is 1.39 bits per heavy atom. The summed E-state index contributed by atoms with van der Waals surface area (Å²) in [5.74, 6) is 0. The number of amides is 1. The monoisotopic (exact) mass is 326 g/mol. The molecule has 0 bridgehead atoms. The van der Waals surface area contributed by atoms with Crippen molar-refractivity contribution in [2.75, 3.05) is 18.0 Å². The molecule has 6 heteroatoms. The number of para-hydroxylation sites is 1. The van der Waals surface area contributed by atoms with E-state index in [0.29, 0.717) is 13.1 Å². The van der Waals surface area contributed by atoms with Gasteiger partial charge in [-0.15, -0.1) is 0 Å². The minimum absolute atomic E-state index is 0.298. The van der Waals surface area contributed by atoms with Crippen molar-refractivity contribution >= 4 is 11.8 Å². The Bertz CT molecular complexity index is 556. The van der Waals surface area contributed by atoms with Gasteiger partial charge in [-0.2, -0.15) is 0 Å². The van der Waals surface area contributed by atoms with E-state index in [0.717, 1.165) is 29.7 Å². The van der Waals surface area contributed by atoms with E-state index in [-0.39, 0.29) is 12.6 Å². The Hall–Kier alpha value is -1.69. The van der Waals surface area contributed by atoms with Gasteiger partial charge in [-0.05, 0) is 44.7 Å². The second-order valence-corrected chi connectivity index (χ2v) is 6.68. The smallest absolute Gasteiger partial charge is 0.414 e. The molecule has 1 N–H and O–H groups in total. The second kappa shape index (κ2) is 7.25. The number of hydrogen-bond acceptors (Lipinski definition) is 3. The summed E-state index contributed by atoms with van der Waals surface area (Å²) in [6.07, 6.45) is -1.05. The number of nitrogens with one attached hydrogen (secondary N) is 1. The molecule has 0 aliphatic carbocycles. The maximum Gasteiger partial charge on any atom is 0.414 e. The summed E-state index contributed by atoms with van der Waals surface area (Å²) in [7, 11) is 0. The van der Waals surface area contributed by atoms with Gasteiger partial charge >= 0.3 is 6.09 Å². The van der Waals surface area contributed by atoms with Crippen LogP contribution in [0.15, 0.2) is 18.2 Å². The summed E-state index contributed by atoms with van der Waals surface area (Å²) in [5, 5.41) is 2.73. The summed E-state index contributed by atoms with van der Waals surface area (Å²) in [5.41, 5.74) is 2.12. The Labute approximate surface area is 135 Å². The zero-order chi connectivity index (χ0) is 17.0. The van der Waals surface area contributed by atoms with Crippen LogP contribution in [0.25, 0.3) is 0 Å². The lowest BCUT2D eigenvalue weighted by atomic mass is 9.98. The number of aryl methyl sites for hydroxylation is 1. The van der Waals surface area contributed by atoms with E-state index in [9.17, 15) is 13.6 Å². The van der Waals surface area contributed by atoms with Gasteiger partial charge in [0.05, 0.1) is 12.2 Å². The van der Waals surface area contributed by atoms with Crippen LogP contribution in [0.2, 0.25) is 0 Å². The highest BCUT2D eigenvalue weighted by Crippen LogP contribution is 2.32. The highest BCUT2D eigenvalue weighted by Gasteiger charge is 2.28. The first-order valence-corrected chi connectivity index (χ1v) is 7.88. The Balaban J connectivity index is 2.22. The molecule has 1 aliphatic rings. The van der Waals surface area contributed by atoms with Crippen LogP contribution in [0, 0.1) is 0 Å². The van der Waals surface area contributed by atoms with E-state index in [1.54, 1.807) is 4.90 Å². The van der Waals surface area contributed by atoms with Crippen LogP contribution in [0.4, 0.5) is 19.3 Å². The van der Waals surface area contributed by atoms with Crippen LogP contribution in [0.5, 0.6) is 0 Å². The molecule has 0 unspecified atom stereocenters. The van der Waals surface area contributed by atoms with E-state index in [1.165, 1.54) is 0 Å². The lowest BCUT2D eigenvalue weighted by Crippen LogP contribution is -2.40. The fraction of sp³-hybridized carbons (Fsp3) is 0.588. The van der Waals surface area contributed by atoms with Crippen molar-refractivity contribution < 1.29 is 18.3 Å². The number of halogens is 2. The number of carbonyl (C=O) groups is 1. The zero-order valence-corrected chi connectivity index (χ0v) is 13.9. The number of hydrogen-bond donors (Lipinski definition) is 1. The predicted molar refractivity (Wildman–Crippen MR) is 86.1 cm³/mol. The first-order valence-electron chi connectivity index (χ1n) is 7.88. The predicted octanol–water partition coefficient (Wildman–Crippen LogP) is 3.73. The van der Waals surface area contributed by atoms with E-state index < -0.39 is 12.0 Å². The highest BCUT2D eigenvalue weighted by atomic mass is 19.3. The molecule has 0 saturated carbocycles. The van der Waals surface area contributed by atoms with Crippen LogP contribution < -0.4 is 10.2 Å². The number of benzene rings is 1. The summed E-state index contributed by atoms with van der Waals surface area (Å²) >= 11 is 0. The van der Waals surface area contributed by atoms with Crippen LogP contribution in [0.3, 0.4) is 0 Å². The molecule has 0 aromatic heterocycles. The minimum atomic E-state index is -2.39. The van der Waals surface area contributed by atoms with Gasteiger partial charge in [0.15, 0.2) is 0 Å². The van der Waals surface area contributed by atoms with Crippen LogP contribution in [0.1, 0.15) is 38.3 Å². The topological polar surface area (TPSA) is 41.6 Å². The molecule has 1 aromatic carbocycles. The number of nitrogens with zero attached hydrogens (tertiary/aromatic N) is 1. The highest BCUT2D eigenvalue weighted by molar-refractivity contribution is 5.90. The van der Waals surface area contributed by atoms with E-state index in [4.69, 9.17) is 4.74 Å². The van der Waals surface area contributed by atoms with Gasteiger partial charge < -0.3 is 10.1 Å². The molecule has 23 heavy (non-hydrogen) atoms. The van der Waals surface area contributed by atoms with Crippen molar-refractivity contribution in [3.63, 3.8) is 0 Å². The molecule has 0 spiro atoms. The van der Waals surface area contributed by atoms with Crippen molar-refractivity contribution in [2.24, 2.45) is 0 Å². The maximum absolute atomic E-state index is 12.5. The Morgan fingerprint density at radius 2 is 2.13 bits per heavy atom. The van der Waals surface area contributed by atoms with Gasteiger partial charge in [-0.3, -0.25) is 4.90 Å². The molecule has 2 rings (SSSR count). The normalized spacial score (nSPS) is 14.8. The van der Waals surface area contributed by atoms with Gasteiger partial charge in [0.1, 0.15) is 5.60 Å². The standard InChI is InChI=1S/C17H24F2N2O2/c1-17(2,3)23-16(22)21-9-5-8-12-6-4-7-13(15(12)21)10-20-11-14(18)19/h4,6-7,14,20H,5,8-11H2,1-3H3. The lowest BCUT2D eigenvalue weighted by Gasteiger charge is -2.33. The van der Waals surface area contributed by atoms with Crippen molar-refractivity contribution in [2.45, 2.75) is 52.2 Å². The number of rotatable bonds is 4. The van der Waals surface area contributed by atoms with Gasteiger partial charge in [0.2, 0.25) is 0 Å². The third kappa shape index (κ3) is 4.89. The minimum Gasteiger partial charge on any atom is -0.443 e. The quantitative estimate of drug-likeness (QED) is 0.917. The third-order valence-electron chi connectivity index (χ3n) is 3.53. The molecule has 4 nitrogen and oxygen atoms in total. The number of fused-ring (bicyclic) bond motifs is 1. The van der Waals surface area contributed by atoms with Crippen LogP contribution in [-0.2, 0) is 17.7 Å². The summed E-state index contributed by atoms with van der Waals surface area (Å²) in [6.45, 7) is 5.99. The van der Waals surface area contributed by atoms with Crippen molar-refractivity contribution in [1.82, 2.24) is 5.32 Å². The molecule has 0 fully saturated rings. The number of ether oxygens (including phenoxy) is 1. The number of carbonyl (C=O) groups excluding carboxylic acids is 1. The fourth-order valence-electron chi connectivity index (χ4n) is 2.69. The first-order chi connectivity index (χ1) is 10.8. The van der Waals surface area contributed by atoms with Gasteiger partial charge in [-0.25, -0.2) is 13.6 Å². The molecule has 1 aromatic rings. The number of alkyl halides is 2. The lowest BCUT2D eigenvalue weighted by molar-refractivity contribution is 0.0577. The summed E-state index contributed by atoms with van der Waals surface area (Å²) < 4.78 is 30.1. The third-order valence-corrected chi connectivity index (χ3v) is 3.53. The van der Waals surface area contributed by atoms with Crippen molar-refractivity contribution in [3.05, 3.63) is 29.3 Å². The van der Waals surface area contributed by atoms with E-state index >= 15 is 0 Å². The first kappa shape index (κ1) is 17.7. The van der Waals surface area contributed by atoms with Gasteiger partial charge in [0, 0.05) is 13.1 Å². The van der Waals surface area contributed by atoms with Gasteiger partial charge in [0.25, 0.3) is 6.43 Å². The molecule has 1 aliphatic heterocycles.